The number of rotatable bonds is 4. The van der Waals surface area contributed by atoms with Crippen LogP contribution in [0.5, 0.6) is 0 Å². The lowest BCUT2D eigenvalue weighted by Crippen LogP contribution is -2.27. The largest absolute Gasteiger partial charge is 0.310 e. The fourth-order valence-electron chi connectivity index (χ4n) is 4.14. The van der Waals surface area contributed by atoms with Crippen LogP contribution in [0.15, 0.2) is 77.9 Å². The normalized spacial score (nSPS) is 13.2. The van der Waals surface area contributed by atoms with Crippen molar-refractivity contribution in [2.45, 2.75) is 4.87 Å². The van der Waals surface area contributed by atoms with Gasteiger partial charge in [0.05, 0.1) is 29.3 Å². The van der Waals surface area contributed by atoms with Gasteiger partial charge in [-0.3, -0.25) is 9.78 Å². The first-order chi connectivity index (χ1) is 16.3. The zero-order valence-electron chi connectivity index (χ0n) is 18.2. The van der Waals surface area contributed by atoms with Crippen LogP contribution in [0.25, 0.3) is 22.0 Å². The smallest absolute Gasteiger partial charge is 0.251 e. The third kappa shape index (κ3) is 3.68. The van der Waals surface area contributed by atoms with Crippen molar-refractivity contribution in [1.29, 1.82) is 0 Å². The van der Waals surface area contributed by atoms with Crippen LogP contribution in [0.1, 0.15) is 17.0 Å². The summed E-state index contributed by atoms with van der Waals surface area (Å²) >= 11 is 19.8. The molecule has 3 aromatic heterocycles. The molecule has 34 heavy (non-hydrogen) atoms. The molecule has 5 rings (SSSR count). The fourth-order valence-corrected chi connectivity index (χ4v) is 4.86. The predicted molar refractivity (Wildman–Crippen MR) is 136 cm³/mol. The van der Waals surface area contributed by atoms with Crippen LogP contribution in [0.3, 0.4) is 0 Å². The monoisotopic (exact) mass is 509 g/mol. The van der Waals surface area contributed by atoms with Crippen LogP contribution in [0, 0.1) is 0 Å². The Kier molecular flexibility index (Phi) is 5.68. The van der Waals surface area contributed by atoms with Gasteiger partial charge < -0.3 is 4.57 Å². The van der Waals surface area contributed by atoms with Crippen LogP contribution in [0.4, 0.5) is 0 Å². The molecule has 170 valence electrons. The second-order valence-corrected chi connectivity index (χ2v) is 9.40. The third-order valence-corrected chi connectivity index (χ3v) is 7.02. The van der Waals surface area contributed by atoms with Crippen LogP contribution < -0.4 is 5.56 Å². The minimum absolute atomic E-state index is 0.150. The van der Waals surface area contributed by atoms with Gasteiger partial charge in [-0.15, -0.1) is 16.7 Å². The van der Waals surface area contributed by atoms with Gasteiger partial charge in [-0.2, -0.15) is 0 Å². The number of hydrogen-bond donors (Lipinski definition) is 0. The Morgan fingerprint density at radius 3 is 2.35 bits per heavy atom. The van der Waals surface area contributed by atoms with E-state index in [2.05, 4.69) is 10.3 Å². The van der Waals surface area contributed by atoms with E-state index in [0.717, 1.165) is 22.1 Å². The fraction of sp³-hybridized carbons (Fsp3) is 0.120. The van der Waals surface area contributed by atoms with Gasteiger partial charge in [0.2, 0.25) is 0 Å². The predicted octanol–water partition coefficient (Wildman–Crippen LogP) is 5.57. The number of aromatic nitrogens is 5. The molecule has 0 saturated carbocycles. The number of fused-ring (bicyclic) bond motifs is 1. The van der Waals surface area contributed by atoms with Gasteiger partial charge in [-0.1, -0.05) is 52.7 Å². The van der Waals surface area contributed by atoms with Gasteiger partial charge in [0.15, 0.2) is 4.87 Å². The molecule has 0 saturated heterocycles. The average Bonchev–Trinajstić information content (AvgIpc) is 3.27. The van der Waals surface area contributed by atoms with Gasteiger partial charge in [-0.05, 0) is 47.0 Å². The Morgan fingerprint density at radius 1 is 0.912 bits per heavy atom. The molecule has 0 unspecified atom stereocenters. The highest BCUT2D eigenvalue weighted by Gasteiger charge is 2.39. The van der Waals surface area contributed by atoms with Gasteiger partial charge in [-0.25, -0.2) is 4.68 Å². The van der Waals surface area contributed by atoms with Crippen LogP contribution in [0.2, 0.25) is 10.0 Å². The Balaban J connectivity index is 1.84. The number of halogens is 3. The molecule has 0 aliphatic carbocycles. The van der Waals surface area contributed by atoms with Crippen molar-refractivity contribution in [3.63, 3.8) is 0 Å². The van der Waals surface area contributed by atoms with Crippen LogP contribution in [-0.2, 0) is 19.0 Å². The van der Waals surface area contributed by atoms with Crippen molar-refractivity contribution in [3.8, 4) is 11.1 Å². The van der Waals surface area contributed by atoms with E-state index in [9.17, 15) is 4.79 Å². The van der Waals surface area contributed by atoms with Crippen LogP contribution >= 0.6 is 34.8 Å². The lowest BCUT2D eigenvalue weighted by molar-refractivity contribution is 0.643. The summed E-state index contributed by atoms with van der Waals surface area (Å²) in [6, 6.07) is 18.2. The van der Waals surface area contributed by atoms with Crippen molar-refractivity contribution in [2.75, 3.05) is 0 Å². The van der Waals surface area contributed by atoms with Crippen molar-refractivity contribution in [3.05, 3.63) is 110 Å². The van der Waals surface area contributed by atoms with E-state index in [1.54, 1.807) is 60.0 Å². The zero-order valence-corrected chi connectivity index (χ0v) is 20.5. The molecule has 5 aromatic rings. The summed E-state index contributed by atoms with van der Waals surface area (Å²) in [5.41, 5.74) is 4.02. The maximum Gasteiger partial charge on any atom is 0.251 e. The first-order valence-corrected chi connectivity index (χ1v) is 11.5. The standard InChI is InChI=1S/C25H18Cl3N5O/c1-32-21-13-29-22(11-20(21)19(12-24(32)34)15-4-3-5-18(27)10-15)25(28,23-14-30-31-33(23)2)16-6-8-17(26)9-7-16/h3-14H,1-2H3/t25-/m1/s1. The first kappa shape index (κ1) is 22.6. The highest BCUT2D eigenvalue weighted by atomic mass is 35.5. The molecule has 3 heterocycles. The van der Waals surface area contributed by atoms with E-state index in [1.807, 2.05) is 36.4 Å². The minimum atomic E-state index is -1.21. The molecule has 0 fully saturated rings. The molecule has 6 nitrogen and oxygen atoms in total. The summed E-state index contributed by atoms with van der Waals surface area (Å²) < 4.78 is 3.18. The Hall–Kier alpha value is -3.19. The number of aryl methyl sites for hydroxylation is 2. The maximum atomic E-state index is 12.7. The third-order valence-electron chi connectivity index (χ3n) is 5.93. The van der Waals surface area contributed by atoms with Crippen molar-refractivity contribution < 1.29 is 0 Å². The Morgan fingerprint density at radius 2 is 1.68 bits per heavy atom. The van der Waals surface area contributed by atoms with E-state index >= 15 is 0 Å². The summed E-state index contributed by atoms with van der Waals surface area (Å²) in [5.74, 6) is 0. The molecular weight excluding hydrogens is 493 g/mol. The SMILES string of the molecule is Cn1nncc1[C@@](Cl)(c1ccc(Cl)cc1)c1cc2c(-c3cccc(Cl)c3)cc(=O)n(C)c2cn1. The molecule has 0 bridgehead atoms. The van der Waals surface area contributed by atoms with Gasteiger partial charge in [0.1, 0.15) is 0 Å². The number of nitrogens with zero attached hydrogens (tertiary/aromatic N) is 5. The number of pyridine rings is 2. The van der Waals surface area contributed by atoms with E-state index in [1.165, 1.54) is 0 Å². The molecule has 9 heteroatoms. The number of hydrogen-bond acceptors (Lipinski definition) is 4. The topological polar surface area (TPSA) is 65.6 Å². The van der Waals surface area contributed by atoms with Gasteiger partial charge in [0, 0.05) is 35.6 Å². The summed E-state index contributed by atoms with van der Waals surface area (Å²) in [5, 5.41) is 10.1. The summed E-state index contributed by atoms with van der Waals surface area (Å²) in [6.07, 6.45) is 3.28. The number of benzene rings is 2. The van der Waals surface area contributed by atoms with Crippen molar-refractivity contribution in [1.82, 2.24) is 24.5 Å². The molecule has 0 aliphatic rings. The maximum absolute atomic E-state index is 12.7. The zero-order chi connectivity index (χ0) is 24.0. The molecule has 2 aromatic carbocycles. The summed E-state index contributed by atoms with van der Waals surface area (Å²) in [4.78, 5) is 16.2. The summed E-state index contributed by atoms with van der Waals surface area (Å²) in [6.45, 7) is 0. The second kappa shape index (κ2) is 8.55. The second-order valence-electron chi connectivity index (χ2n) is 7.96. The lowest BCUT2D eigenvalue weighted by Gasteiger charge is -2.27. The van der Waals surface area contributed by atoms with Gasteiger partial charge >= 0.3 is 0 Å². The van der Waals surface area contributed by atoms with E-state index in [0.29, 0.717) is 26.9 Å². The quantitative estimate of drug-likeness (QED) is 0.297. The van der Waals surface area contributed by atoms with E-state index in [-0.39, 0.29) is 5.56 Å². The van der Waals surface area contributed by atoms with Crippen molar-refractivity contribution >= 4 is 45.7 Å². The number of alkyl halides is 1. The molecular formula is C25H18Cl3N5O. The minimum Gasteiger partial charge on any atom is -0.310 e. The van der Waals surface area contributed by atoms with Crippen LogP contribution in [-0.4, -0.2) is 24.5 Å². The lowest BCUT2D eigenvalue weighted by atomic mass is 9.89. The molecule has 0 aliphatic heterocycles. The average molecular weight is 511 g/mol. The summed E-state index contributed by atoms with van der Waals surface area (Å²) in [7, 11) is 3.49. The highest BCUT2D eigenvalue weighted by molar-refractivity contribution is 6.31. The Labute approximate surface area is 210 Å². The van der Waals surface area contributed by atoms with E-state index < -0.39 is 4.87 Å². The molecule has 0 amide bonds. The highest BCUT2D eigenvalue weighted by Crippen LogP contribution is 2.43. The first-order valence-electron chi connectivity index (χ1n) is 10.4. The van der Waals surface area contributed by atoms with Crippen molar-refractivity contribution in [2.24, 2.45) is 14.1 Å². The molecule has 0 N–H and O–H groups in total. The van der Waals surface area contributed by atoms with E-state index in [4.69, 9.17) is 39.8 Å². The molecule has 0 radical (unpaired) electrons. The Bertz CT molecular complexity index is 1590. The molecule has 1 atom stereocenters. The molecule has 0 spiro atoms. The van der Waals surface area contributed by atoms with Gasteiger partial charge in [0.25, 0.3) is 5.56 Å².